The molecule has 0 saturated carbocycles. The Morgan fingerprint density at radius 1 is 1.11 bits per heavy atom. The molecule has 0 radical (unpaired) electrons. The van der Waals surface area contributed by atoms with Gasteiger partial charge in [-0.3, -0.25) is 4.79 Å². The number of aromatic hydroxyl groups is 1. The summed E-state index contributed by atoms with van der Waals surface area (Å²) in [6, 6.07) is 3.58. The first-order valence-corrected chi connectivity index (χ1v) is 6.40. The average Bonchev–Trinajstić information content (AvgIpc) is 2.40. The summed E-state index contributed by atoms with van der Waals surface area (Å²) in [5, 5.41) is 9.51. The van der Waals surface area contributed by atoms with Crippen LogP contribution < -0.4 is 0 Å². The third-order valence-electron chi connectivity index (χ3n) is 2.13. The van der Waals surface area contributed by atoms with Gasteiger partial charge >= 0.3 is 5.97 Å². The molecule has 0 aliphatic heterocycles. The fourth-order valence-electron chi connectivity index (χ4n) is 1.39. The molecule has 1 aromatic carbocycles. The second-order valence-corrected chi connectivity index (χ2v) is 3.33. The largest absolute Gasteiger partial charge is 0.507 e. The van der Waals surface area contributed by atoms with Crippen molar-refractivity contribution < 1.29 is 14.6 Å². The molecule has 0 heterocycles. The van der Waals surface area contributed by atoms with E-state index in [2.05, 4.69) is 4.74 Å². The molecule has 1 N–H and O–H groups in total. The summed E-state index contributed by atoms with van der Waals surface area (Å²) < 4.78 is 4.56. The summed E-state index contributed by atoms with van der Waals surface area (Å²) in [5.74, 6) is 0.0214. The van der Waals surface area contributed by atoms with E-state index in [1.807, 2.05) is 41.5 Å². The smallest absolute Gasteiger partial charge is 0.309 e. The Labute approximate surface area is 111 Å². The van der Waals surface area contributed by atoms with Crippen molar-refractivity contribution in [1.82, 2.24) is 0 Å². The van der Waals surface area contributed by atoms with Crippen LogP contribution in [0.2, 0.25) is 0 Å². The Hall–Kier alpha value is -1.51. The predicted molar refractivity (Wildman–Crippen MR) is 76.0 cm³/mol. The Balaban J connectivity index is 0. The number of phenolic OH excluding ortho intramolecular Hbond substituents is 1. The molecular weight excluding hydrogens is 228 g/mol. The quantitative estimate of drug-likeness (QED) is 0.817. The van der Waals surface area contributed by atoms with Crippen LogP contribution in [-0.2, 0) is 16.0 Å². The van der Waals surface area contributed by atoms with Gasteiger partial charge in [0.2, 0.25) is 0 Å². The molecule has 0 amide bonds. The van der Waals surface area contributed by atoms with Gasteiger partial charge in [-0.2, -0.15) is 0 Å². The van der Waals surface area contributed by atoms with Crippen molar-refractivity contribution in [3.8, 4) is 5.75 Å². The molecule has 0 aliphatic rings. The second-order valence-electron chi connectivity index (χ2n) is 3.33. The van der Waals surface area contributed by atoms with Crippen LogP contribution in [0, 0.1) is 13.8 Å². The zero-order valence-electron chi connectivity index (χ0n) is 12.6. The topological polar surface area (TPSA) is 46.5 Å². The molecule has 3 heteroatoms. The van der Waals surface area contributed by atoms with Gasteiger partial charge in [0.15, 0.2) is 0 Å². The molecule has 1 rings (SSSR count). The summed E-state index contributed by atoms with van der Waals surface area (Å²) in [6.45, 7) is 11.6. The van der Waals surface area contributed by atoms with E-state index in [0.29, 0.717) is 5.75 Å². The van der Waals surface area contributed by atoms with E-state index >= 15 is 0 Å². The highest BCUT2D eigenvalue weighted by atomic mass is 16.5. The SMILES string of the molecule is CC.CC.COC(=O)Cc1cc(C)c(O)c(C)c1. The van der Waals surface area contributed by atoms with Gasteiger partial charge in [-0.1, -0.05) is 39.8 Å². The zero-order chi connectivity index (χ0) is 14.7. The number of carbonyl (C=O) groups is 1. The lowest BCUT2D eigenvalue weighted by Crippen LogP contribution is -2.04. The van der Waals surface area contributed by atoms with Crippen molar-refractivity contribution in [2.75, 3.05) is 7.11 Å². The molecule has 3 nitrogen and oxygen atoms in total. The number of hydrogen-bond donors (Lipinski definition) is 1. The highest BCUT2D eigenvalue weighted by molar-refractivity contribution is 5.72. The number of carbonyl (C=O) groups excluding carboxylic acids is 1. The molecule has 0 bridgehead atoms. The maximum Gasteiger partial charge on any atom is 0.309 e. The van der Waals surface area contributed by atoms with Gasteiger partial charge in [0.25, 0.3) is 0 Å². The van der Waals surface area contributed by atoms with Gasteiger partial charge < -0.3 is 9.84 Å². The van der Waals surface area contributed by atoms with Crippen LogP contribution in [0.3, 0.4) is 0 Å². The molecule has 0 atom stereocenters. The molecule has 0 aromatic heterocycles. The standard InChI is InChI=1S/C11H14O3.2C2H6/c1-7-4-9(6-10(12)14-3)5-8(2)11(7)13;2*1-2/h4-5,13H,6H2,1-3H3;2*1-2H3. The average molecular weight is 254 g/mol. The maximum absolute atomic E-state index is 11.0. The fraction of sp³-hybridized carbons (Fsp3) is 0.533. The first-order chi connectivity index (χ1) is 8.54. The predicted octanol–water partition coefficient (Wildman–Crippen LogP) is 3.78. The molecular formula is C15H26O3. The van der Waals surface area contributed by atoms with Gasteiger partial charge in [-0.05, 0) is 30.5 Å². The summed E-state index contributed by atoms with van der Waals surface area (Å²) in [7, 11) is 1.36. The van der Waals surface area contributed by atoms with Crippen molar-refractivity contribution in [3.63, 3.8) is 0 Å². The summed E-state index contributed by atoms with van der Waals surface area (Å²) in [4.78, 5) is 11.0. The van der Waals surface area contributed by atoms with Crippen LogP contribution in [0.4, 0.5) is 0 Å². The van der Waals surface area contributed by atoms with Gasteiger partial charge in [0.05, 0.1) is 13.5 Å². The van der Waals surface area contributed by atoms with E-state index in [4.69, 9.17) is 0 Å². The molecule has 0 spiro atoms. The van der Waals surface area contributed by atoms with E-state index in [-0.39, 0.29) is 12.4 Å². The first-order valence-electron chi connectivity index (χ1n) is 6.40. The van der Waals surface area contributed by atoms with Crippen molar-refractivity contribution >= 4 is 5.97 Å². The molecule has 18 heavy (non-hydrogen) atoms. The fourth-order valence-corrected chi connectivity index (χ4v) is 1.39. The van der Waals surface area contributed by atoms with Gasteiger partial charge in [-0.15, -0.1) is 0 Å². The van der Waals surface area contributed by atoms with Gasteiger partial charge in [-0.25, -0.2) is 0 Å². The number of hydrogen-bond acceptors (Lipinski definition) is 3. The number of methoxy groups -OCH3 is 1. The highest BCUT2D eigenvalue weighted by Crippen LogP contribution is 2.23. The highest BCUT2D eigenvalue weighted by Gasteiger charge is 2.07. The maximum atomic E-state index is 11.0. The monoisotopic (exact) mass is 254 g/mol. The number of aryl methyl sites for hydroxylation is 2. The van der Waals surface area contributed by atoms with E-state index < -0.39 is 0 Å². The van der Waals surface area contributed by atoms with Crippen LogP contribution in [0.15, 0.2) is 12.1 Å². The molecule has 1 aromatic rings. The lowest BCUT2D eigenvalue weighted by molar-refractivity contribution is -0.139. The Kier molecular flexibility index (Phi) is 11.1. The lowest BCUT2D eigenvalue weighted by Gasteiger charge is -2.06. The molecule has 0 unspecified atom stereocenters. The van der Waals surface area contributed by atoms with Crippen molar-refractivity contribution in [3.05, 3.63) is 28.8 Å². The molecule has 104 valence electrons. The third kappa shape index (κ3) is 6.28. The van der Waals surface area contributed by atoms with E-state index in [9.17, 15) is 9.90 Å². The summed E-state index contributed by atoms with van der Waals surface area (Å²) >= 11 is 0. The van der Waals surface area contributed by atoms with Gasteiger partial charge in [0, 0.05) is 0 Å². The van der Waals surface area contributed by atoms with Crippen molar-refractivity contribution in [1.29, 1.82) is 0 Å². The lowest BCUT2D eigenvalue weighted by atomic mass is 10.0. The van der Waals surface area contributed by atoms with Crippen molar-refractivity contribution in [2.45, 2.75) is 48.0 Å². The third-order valence-corrected chi connectivity index (χ3v) is 2.13. The number of ether oxygens (including phenoxy) is 1. The van der Waals surface area contributed by atoms with E-state index in [1.54, 1.807) is 12.1 Å². The number of phenols is 1. The first kappa shape index (κ1) is 18.8. The van der Waals surface area contributed by atoms with Crippen molar-refractivity contribution in [2.24, 2.45) is 0 Å². The van der Waals surface area contributed by atoms with Crippen LogP contribution in [0.1, 0.15) is 44.4 Å². The van der Waals surface area contributed by atoms with E-state index in [1.165, 1.54) is 7.11 Å². The molecule has 0 aliphatic carbocycles. The van der Waals surface area contributed by atoms with Crippen LogP contribution in [-0.4, -0.2) is 18.2 Å². The second kappa shape index (κ2) is 10.6. The molecule has 0 fully saturated rings. The Morgan fingerprint density at radius 3 is 1.83 bits per heavy atom. The van der Waals surface area contributed by atoms with Crippen LogP contribution in [0.25, 0.3) is 0 Å². The number of rotatable bonds is 2. The normalized spacial score (nSPS) is 8.39. The summed E-state index contributed by atoms with van der Waals surface area (Å²) in [6.07, 6.45) is 0.248. The minimum Gasteiger partial charge on any atom is -0.507 e. The molecule has 0 saturated heterocycles. The minimum absolute atomic E-state index is 0.248. The number of esters is 1. The Bertz CT molecular complexity index is 334. The van der Waals surface area contributed by atoms with E-state index in [0.717, 1.165) is 16.7 Å². The van der Waals surface area contributed by atoms with Gasteiger partial charge in [0.1, 0.15) is 5.75 Å². The van der Waals surface area contributed by atoms with Crippen LogP contribution in [0.5, 0.6) is 5.75 Å². The Morgan fingerprint density at radius 2 is 1.50 bits per heavy atom. The minimum atomic E-state index is -0.269. The summed E-state index contributed by atoms with van der Waals surface area (Å²) in [5.41, 5.74) is 2.43. The van der Waals surface area contributed by atoms with Crippen LogP contribution >= 0.6 is 0 Å². The zero-order valence-corrected chi connectivity index (χ0v) is 12.6. The number of benzene rings is 1.